The van der Waals surface area contributed by atoms with E-state index in [-0.39, 0.29) is 38.2 Å². The third kappa shape index (κ3) is 6.75. The van der Waals surface area contributed by atoms with E-state index in [2.05, 4.69) is 44.3 Å². The first-order valence-electron chi connectivity index (χ1n) is 19.6. The Morgan fingerprint density at radius 1 is 1.13 bits per heavy atom. The summed E-state index contributed by atoms with van der Waals surface area (Å²) in [5.41, 5.74) is 1.85. The number of benzene rings is 1. The van der Waals surface area contributed by atoms with Gasteiger partial charge in [0.2, 0.25) is 5.91 Å². The summed E-state index contributed by atoms with van der Waals surface area (Å²) in [6.07, 6.45) is 5.90. The third-order valence-corrected chi connectivity index (χ3v) is 13.2. The number of carbonyl (C=O) groups excluding carboxylic acids is 3. The van der Waals surface area contributed by atoms with Crippen LogP contribution in [-0.2, 0) is 49.5 Å². The van der Waals surface area contributed by atoms with Crippen molar-refractivity contribution in [3.05, 3.63) is 41.0 Å². The van der Waals surface area contributed by atoms with Gasteiger partial charge in [0, 0.05) is 12.8 Å². The smallest absolute Gasteiger partial charge is 0.327 e. The van der Waals surface area contributed by atoms with Crippen LogP contribution in [0.25, 0.3) is 6.08 Å². The highest BCUT2D eigenvalue weighted by molar-refractivity contribution is 5.93. The van der Waals surface area contributed by atoms with Crippen LogP contribution >= 0.6 is 0 Å². The first-order chi connectivity index (χ1) is 25.1. The van der Waals surface area contributed by atoms with Gasteiger partial charge in [-0.05, 0) is 94.6 Å². The molecule has 2 bridgehead atoms. The summed E-state index contributed by atoms with van der Waals surface area (Å²) in [5.74, 6) is -0.220. The summed E-state index contributed by atoms with van der Waals surface area (Å²) < 4.78 is 29.4. The molecule has 1 amide bonds. The fourth-order valence-corrected chi connectivity index (χ4v) is 10.4. The molecule has 3 aliphatic carbocycles. The Bertz CT molecular complexity index is 1650. The molecule has 0 aromatic heterocycles. The monoisotopic (exact) mass is 736 g/mol. The van der Waals surface area contributed by atoms with Crippen LogP contribution < -0.4 is 5.32 Å². The van der Waals surface area contributed by atoms with Crippen LogP contribution in [0.15, 0.2) is 29.8 Å². The van der Waals surface area contributed by atoms with Crippen LogP contribution in [0.2, 0.25) is 0 Å². The zero-order chi connectivity index (χ0) is 37.5. The zero-order valence-electron chi connectivity index (χ0n) is 31.9. The van der Waals surface area contributed by atoms with Gasteiger partial charge >= 0.3 is 11.9 Å². The fraction of sp³-hybridized carbons (Fsp3) is 0.732. The SMILES string of the molecule is CC(C)(C)OC(=O)CCC(CO)NC(=O)C12CC3OC(=O)C1N(Cc1cccc(C=C4CCC5OC5(C)CCC5C4CC5(C)C)c1)OC2C1OCOC31. The molecule has 7 aliphatic rings. The zero-order valence-corrected chi connectivity index (χ0v) is 31.9. The molecule has 3 saturated carbocycles. The first-order valence-corrected chi connectivity index (χ1v) is 19.6. The molecule has 1 aromatic carbocycles. The van der Waals surface area contributed by atoms with Crippen molar-refractivity contribution >= 4 is 23.9 Å². The average molecular weight is 737 g/mol. The van der Waals surface area contributed by atoms with Crippen molar-refractivity contribution in [3.63, 3.8) is 0 Å². The van der Waals surface area contributed by atoms with Gasteiger partial charge < -0.3 is 34.1 Å². The number of hydrogen-bond acceptors (Lipinski definition) is 11. The maximum absolute atomic E-state index is 14.5. The van der Waals surface area contributed by atoms with Gasteiger partial charge in [-0.25, -0.2) is 0 Å². The van der Waals surface area contributed by atoms with E-state index in [1.807, 2.05) is 12.1 Å². The van der Waals surface area contributed by atoms with Crippen LogP contribution in [0.5, 0.6) is 0 Å². The van der Waals surface area contributed by atoms with Crippen molar-refractivity contribution in [2.45, 2.75) is 153 Å². The van der Waals surface area contributed by atoms with Crippen molar-refractivity contribution in [1.82, 2.24) is 10.4 Å². The van der Waals surface area contributed by atoms with E-state index in [9.17, 15) is 19.5 Å². The second kappa shape index (κ2) is 13.4. The molecule has 0 spiro atoms. The molecule has 12 nitrogen and oxygen atoms in total. The quantitative estimate of drug-likeness (QED) is 0.271. The molecule has 11 unspecified atom stereocenters. The number of ether oxygens (including phenoxy) is 5. The van der Waals surface area contributed by atoms with Crippen molar-refractivity contribution in [2.24, 2.45) is 22.7 Å². The molecule has 8 rings (SSSR count). The Morgan fingerprint density at radius 2 is 1.92 bits per heavy atom. The predicted octanol–water partition coefficient (Wildman–Crippen LogP) is 4.60. The Hall–Kier alpha value is -2.87. The number of aliphatic hydroxyl groups excluding tert-OH is 1. The molecule has 1 aromatic rings. The number of carbonyl (C=O) groups is 3. The van der Waals surface area contributed by atoms with Crippen LogP contribution in [-0.4, -0.2) is 95.2 Å². The van der Waals surface area contributed by atoms with Gasteiger partial charge in [0.05, 0.1) is 30.9 Å². The third-order valence-electron chi connectivity index (χ3n) is 13.2. The molecule has 2 N–H and O–H groups in total. The normalized spacial score (nSPS) is 39.6. The summed E-state index contributed by atoms with van der Waals surface area (Å²) in [7, 11) is 0. The topological polar surface area (TPSA) is 145 Å². The molecule has 7 fully saturated rings. The maximum atomic E-state index is 14.5. The van der Waals surface area contributed by atoms with Crippen LogP contribution in [0, 0.1) is 22.7 Å². The number of amides is 1. The Labute approximate surface area is 312 Å². The van der Waals surface area contributed by atoms with Crippen molar-refractivity contribution < 1.29 is 48.0 Å². The number of fused-ring (bicyclic) bond motifs is 6. The number of hydroxylamine groups is 2. The van der Waals surface area contributed by atoms with Gasteiger partial charge in [0.25, 0.3) is 0 Å². The number of esters is 2. The molecular weight excluding hydrogens is 680 g/mol. The van der Waals surface area contributed by atoms with E-state index in [4.69, 9.17) is 28.5 Å². The molecule has 4 saturated heterocycles. The highest BCUT2D eigenvalue weighted by atomic mass is 16.8. The highest BCUT2D eigenvalue weighted by Gasteiger charge is 2.74. The minimum atomic E-state index is -1.36. The lowest BCUT2D eigenvalue weighted by Crippen LogP contribution is -2.70. The molecule has 4 aliphatic heterocycles. The van der Waals surface area contributed by atoms with Gasteiger partial charge in [-0.2, -0.15) is 5.06 Å². The van der Waals surface area contributed by atoms with E-state index in [0.717, 1.165) is 30.4 Å². The number of rotatable bonds is 9. The number of hydrogen-bond donors (Lipinski definition) is 2. The van der Waals surface area contributed by atoms with Crippen molar-refractivity contribution in [3.8, 4) is 0 Å². The Morgan fingerprint density at radius 3 is 2.68 bits per heavy atom. The molecule has 4 heterocycles. The van der Waals surface area contributed by atoms with Gasteiger partial charge in [-0.3, -0.25) is 19.2 Å². The van der Waals surface area contributed by atoms with Gasteiger partial charge in [-0.15, -0.1) is 0 Å². The van der Waals surface area contributed by atoms with Crippen molar-refractivity contribution in [1.29, 1.82) is 0 Å². The maximum Gasteiger partial charge on any atom is 0.327 e. The van der Waals surface area contributed by atoms with E-state index < -0.39 is 72.0 Å². The summed E-state index contributed by atoms with van der Waals surface area (Å²) in [5, 5.41) is 14.8. The molecule has 11 atom stereocenters. The Balaban J connectivity index is 1.03. The van der Waals surface area contributed by atoms with Gasteiger partial charge in [0.1, 0.15) is 42.2 Å². The highest BCUT2D eigenvalue weighted by Crippen LogP contribution is 2.60. The van der Waals surface area contributed by atoms with E-state index >= 15 is 0 Å². The molecule has 0 radical (unpaired) electrons. The van der Waals surface area contributed by atoms with Crippen LogP contribution in [0.4, 0.5) is 0 Å². The Kier molecular flexibility index (Phi) is 9.38. The van der Waals surface area contributed by atoms with E-state index in [0.29, 0.717) is 23.4 Å². The number of aliphatic hydroxyl groups is 1. The van der Waals surface area contributed by atoms with Crippen LogP contribution in [0.3, 0.4) is 0 Å². The first kappa shape index (κ1) is 37.1. The summed E-state index contributed by atoms with van der Waals surface area (Å²) in [6, 6.07) is 6.51. The number of nitrogens with zero attached hydrogens (tertiary/aromatic N) is 1. The average Bonchev–Trinajstić information content (AvgIpc) is 3.37. The summed E-state index contributed by atoms with van der Waals surface area (Å²) in [6.45, 7) is 12.3. The molecule has 12 heteroatoms. The standard InChI is InChI=1S/C41H56N2O10/c1-38(2,3)52-31(45)13-11-26(21-44)42-37(47)41-19-29-32-33(49-22-48-32)35(41)53-43(34(41)36(46)50-29)20-24-9-7-8-23(16-24)17-25-10-12-30-40(6,51-30)15-14-28-27(25)18-39(28,4)5/h7-9,16-17,26-30,32-35,44H,10-15,18-22H2,1-6H3,(H,42,47). The van der Waals surface area contributed by atoms with E-state index in [1.54, 1.807) is 25.8 Å². The predicted molar refractivity (Wildman–Crippen MR) is 191 cm³/mol. The lowest BCUT2D eigenvalue weighted by atomic mass is 9.52. The minimum Gasteiger partial charge on any atom is -0.460 e. The van der Waals surface area contributed by atoms with E-state index in [1.165, 1.54) is 18.4 Å². The summed E-state index contributed by atoms with van der Waals surface area (Å²) >= 11 is 0. The number of allylic oxidation sites excluding steroid dienone is 1. The van der Waals surface area contributed by atoms with Gasteiger partial charge in [0.15, 0.2) is 6.04 Å². The number of nitrogens with one attached hydrogen (secondary N) is 1. The summed E-state index contributed by atoms with van der Waals surface area (Å²) in [4.78, 5) is 47.5. The fourth-order valence-electron chi connectivity index (χ4n) is 10.4. The van der Waals surface area contributed by atoms with Crippen LogP contribution in [0.1, 0.15) is 104 Å². The van der Waals surface area contributed by atoms with Gasteiger partial charge in [-0.1, -0.05) is 49.8 Å². The molecular formula is C41H56N2O10. The second-order valence-corrected chi connectivity index (χ2v) is 18.4. The van der Waals surface area contributed by atoms with Crippen molar-refractivity contribution in [2.75, 3.05) is 13.4 Å². The number of epoxide rings is 1. The molecule has 290 valence electrons. The minimum absolute atomic E-state index is 0.00260. The lowest BCUT2D eigenvalue weighted by Gasteiger charge is -2.53. The largest absolute Gasteiger partial charge is 0.460 e. The molecule has 53 heavy (non-hydrogen) atoms. The second-order valence-electron chi connectivity index (χ2n) is 18.4. The lowest BCUT2D eigenvalue weighted by molar-refractivity contribution is -0.201.